The molecule has 1 aromatic carbocycles. The number of nitrogens with one attached hydrogen (secondary N) is 2. The Labute approximate surface area is 187 Å². The van der Waals surface area contributed by atoms with Crippen LogP contribution in [0.2, 0.25) is 0 Å². The van der Waals surface area contributed by atoms with Crippen LogP contribution < -0.4 is 10.6 Å². The number of halogens is 1. The van der Waals surface area contributed by atoms with Crippen molar-refractivity contribution in [3.05, 3.63) is 63.4 Å². The molecule has 0 bridgehead atoms. The number of aryl methyl sites for hydroxylation is 2. The van der Waals surface area contributed by atoms with Gasteiger partial charge < -0.3 is 10.6 Å². The molecule has 0 aliphatic rings. The van der Waals surface area contributed by atoms with Crippen LogP contribution in [0.15, 0.2) is 40.7 Å². The molecular weight excluding hydrogens is 483 g/mol. The fourth-order valence-corrected chi connectivity index (χ4v) is 3.62. The van der Waals surface area contributed by atoms with Gasteiger partial charge in [0.2, 0.25) is 0 Å². The second-order valence-corrected chi connectivity index (χ2v) is 7.42. The van der Waals surface area contributed by atoms with E-state index in [0.29, 0.717) is 6.54 Å². The molecule has 0 saturated carbocycles. The largest absolute Gasteiger partial charge is 0.356 e. The lowest BCUT2D eigenvalue weighted by atomic mass is 10.2. The molecule has 0 aliphatic carbocycles. The zero-order valence-corrected chi connectivity index (χ0v) is 19.8. The molecule has 0 spiro atoms. The summed E-state index contributed by atoms with van der Waals surface area (Å²) in [5, 5.41) is 14.7. The van der Waals surface area contributed by atoms with E-state index in [1.54, 1.807) is 18.4 Å². The van der Waals surface area contributed by atoms with Gasteiger partial charge in [-0.25, -0.2) is 9.67 Å². The van der Waals surface area contributed by atoms with Gasteiger partial charge in [0.25, 0.3) is 0 Å². The Morgan fingerprint density at radius 3 is 2.54 bits per heavy atom. The third-order valence-electron chi connectivity index (χ3n) is 4.44. The van der Waals surface area contributed by atoms with Gasteiger partial charge in [0.1, 0.15) is 0 Å². The molecule has 2 aromatic heterocycles. The Hall–Kier alpha value is -1.94. The van der Waals surface area contributed by atoms with Gasteiger partial charge in [-0.05, 0) is 32.9 Å². The molecule has 0 saturated heterocycles. The van der Waals surface area contributed by atoms with Gasteiger partial charge >= 0.3 is 0 Å². The quantitative estimate of drug-likeness (QED) is 0.301. The number of aromatic nitrogens is 3. The fraction of sp³-hybridized carbons (Fsp3) is 0.350. The summed E-state index contributed by atoms with van der Waals surface area (Å²) < 4.78 is 1.99. The van der Waals surface area contributed by atoms with Gasteiger partial charge in [-0.15, -0.1) is 35.3 Å². The molecule has 2 N–H and O–H groups in total. The summed E-state index contributed by atoms with van der Waals surface area (Å²) >= 11 is 1.69. The number of para-hydroxylation sites is 1. The lowest BCUT2D eigenvalue weighted by molar-refractivity contribution is 0.781. The summed E-state index contributed by atoms with van der Waals surface area (Å²) in [5.74, 6) is 0.785. The lowest BCUT2D eigenvalue weighted by Gasteiger charge is -2.12. The van der Waals surface area contributed by atoms with Crippen molar-refractivity contribution >= 4 is 41.3 Å². The zero-order valence-electron chi connectivity index (χ0n) is 16.7. The van der Waals surface area contributed by atoms with E-state index in [-0.39, 0.29) is 24.0 Å². The fourth-order valence-electron chi connectivity index (χ4n) is 2.98. The molecule has 0 atom stereocenters. The van der Waals surface area contributed by atoms with E-state index in [2.05, 4.69) is 45.0 Å². The maximum Gasteiger partial charge on any atom is 0.191 e. The highest BCUT2D eigenvalue weighted by molar-refractivity contribution is 14.0. The number of guanidine groups is 1. The first-order valence-electron chi connectivity index (χ1n) is 9.04. The van der Waals surface area contributed by atoms with Gasteiger partial charge in [0, 0.05) is 43.2 Å². The first kappa shape index (κ1) is 22.4. The molecule has 6 nitrogen and oxygen atoms in total. The van der Waals surface area contributed by atoms with E-state index in [1.807, 2.05) is 36.7 Å². The van der Waals surface area contributed by atoms with E-state index >= 15 is 0 Å². The van der Waals surface area contributed by atoms with Crippen LogP contribution in [-0.4, -0.2) is 34.3 Å². The number of aliphatic imine (C=N–C) groups is 1. The molecule has 0 fully saturated rings. The molecule has 0 radical (unpaired) electrons. The van der Waals surface area contributed by atoms with Crippen molar-refractivity contribution in [1.29, 1.82) is 0 Å². The Kier molecular flexibility index (Phi) is 8.43. The predicted molar refractivity (Wildman–Crippen MR) is 127 cm³/mol. The van der Waals surface area contributed by atoms with Crippen molar-refractivity contribution in [2.75, 3.05) is 13.6 Å². The highest BCUT2D eigenvalue weighted by Crippen LogP contribution is 2.17. The Morgan fingerprint density at radius 1 is 1.14 bits per heavy atom. The molecule has 0 aliphatic heterocycles. The summed E-state index contributed by atoms with van der Waals surface area (Å²) in [6, 6.07) is 10.2. The van der Waals surface area contributed by atoms with Crippen molar-refractivity contribution < 1.29 is 0 Å². The minimum absolute atomic E-state index is 0. The van der Waals surface area contributed by atoms with Crippen molar-refractivity contribution in [1.82, 2.24) is 25.4 Å². The topological polar surface area (TPSA) is 67.1 Å². The predicted octanol–water partition coefficient (Wildman–Crippen LogP) is 3.78. The van der Waals surface area contributed by atoms with E-state index in [9.17, 15) is 0 Å². The van der Waals surface area contributed by atoms with Crippen LogP contribution in [0.1, 0.15) is 27.7 Å². The first-order valence-corrected chi connectivity index (χ1v) is 9.92. The smallest absolute Gasteiger partial charge is 0.191 e. The monoisotopic (exact) mass is 510 g/mol. The molecule has 150 valence electrons. The van der Waals surface area contributed by atoms with Crippen molar-refractivity contribution in [3.63, 3.8) is 0 Å². The molecular formula is C20H27IN6S. The summed E-state index contributed by atoms with van der Waals surface area (Å²) in [6.07, 6.45) is 0.884. The normalized spacial score (nSPS) is 11.2. The number of benzene rings is 1. The van der Waals surface area contributed by atoms with Gasteiger partial charge in [-0.2, -0.15) is 5.10 Å². The summed E-state index contributed by atoms with van der Waals surface area (Å²) in [4.78, 5) is 8.80. The second-order valence-electron chi connectivity index (χ2n) is 6.36. The Balaban J connectivity index is 0.00000280. The zero-order chi connectivity index (χ0) is 19.2. The minimum Gasteiger partial charge on any atom is -0.356 e. The van der Waals surface area contributed by atoms with Crippen LogP contribution in [0.5, 0.6) is 0 Å². The van der Waals surface area contributed by atoms with E-state index in [4.69, 9.17) is 5.10 Å². The average molecular weight is 510 g/mol. The SMILES string of the molecule is CN=C(NCCc1csc(C)n1)NCc1c(C)nn(-c2ccccc2)c1C.I. The highest BCUT2D eigenvalue weighted by Gasteiger charge is 2.13. The number of rotatable bonds is 6. The number of hydrogen-bond donors (Lipinski definition) is 2. The third-order valence-corrected chi connectivity index (χ3v) is 5.26. The van der Waals surface area contributed by atoms with Gasteiger partial charge in [0.05, 0.1) is 22.1 Å². The average Bonchev–Trinajstić information content (AvgIpc) is 3.22. The van der Waals surface area contributed by atoms with Crippen molar-refractivity contribution in [2.24, 2.45) is 4.99 Å². The van der Waals surface area contributed by atoms with Crippen LogP contribution in [0.3, 0.4) is 0 Å². The van der Waals surface area contributed by atoms with E-state index in [0.717, 1.165) is 46.7 Å². The van der Waals surface area contributed by atoms with Crippen LogP contribution >= 0.6 is 35.3 Å². The lowest BCUT2D eigenvalue weighted by Crippen LogP contribution is -2.38. The molecule has 0 unspecified atom stereocenters. The summed E-state index contributed by atoms with van der Waals surface area (Å²) in [5.41, 5.74) is 5.55. The molecule has 28 heavy (non-hydrogen) atoms. The molecule has 0 amide bonds. The van der Waals surface area contributed by atoms with Gasteiger partial charge in [-0.3, -0.25) is 4.99 Å². The molecule has 3 rings (SSSR count). The van der Waals surface area contributed by atoms with Crippen LogP contribution in [0, 0.1) is 20.8 Å². The maximum atomic E-state index is 4.70. The van der Waals surface area contributed by atoms with Crippen LogP contribution in [0.4, 0.5) is 0 Å². The Bertz CT molecular complexity index is 916. The molecule has 2 heterocycles. The van der Waals surface area contributed by atoms with E-state index in [1.165, 1.54) is 5.56 Å². The number of hydrogen-bond acceptors (Lipinski definition) is 4. The van der Waals surface area contributed by atoms with Crippen molar-refractivity contribution in [3.8, 4) is 5.69 Å². The molecule has 3 aromatic rings. The van der Waals surface area contributed by atoms with Crippen LogP contribution in [0.25, 0.3) is 5.69 Å². The van der Waals surface area contributed by atoms with Crippen molar-refractivity contribution in [2.45, 2.75) is 33.7 Å². The third kappa shape index (κ3) is 5.54. The minimum atomic E-state index is 0. The first-order chi connectivity index (χ1) is 13.1. The highest BCUT2D eigenvalue weighted by atomic mass is 127. The van der Waals surface area contributed by atoms with E-state index < -0.39 is 0 Å². The number of nitrogens with zero attached hydrogens (tertiary/aromatic N) is 4. The van der Waals surface area contributed by atoms with Crippen LogP contribution in [-0.2, 0) is 13.0 Å². The van der Waals surface area contributed by atoms with Gasteiger partial charge in [0.15, 0.2) is 5.96 Å². The molecule has 8 heteroatoms. The Morgan fingerprint density at radius 2 is 1.89 bits per heavy atom. The summed E-state index contributed by atoms with van der Waals surface area (Å²) in [7, 11) is 1.79. The number of thiazole rings is 1. The maximum absolute atomic E-state index is 4.70. The summed E-state index contributed by atoms with van der Waals surface area (Å²) in [6.45, 7) is 7.65. The standard InChI is InChI=1S/C20H26N6S.HI/c1-14-19(15(2)26(25-14)18-8-6-5-7-9-18)12-23-20(21-4)22-11-10-17-13-27-16(3)24-17;/h5-9,13H,10-12H2,1-4H3,(H2,21,22,23);1H. The van der Waals surface area contributed by atoms with Gasteiger partial charge in [-0.1, -0.05) is 18.2 Å². The second kappa shape index (κ2) is 10.6.